The lowest BCUT2D eigenvalue weighted by molar-refractivity contribution is 0.0830. The zero-order chi connectivity index (χ0) is 27.4. The highest BCUT2D eigenvalue weighted by atomic mass is 32.2. The van der Waals surface area contributed by atoms with Gasteiger partial charge in [-0.1, -0.05) is 13.0 Å². The zero-order valence-corrected chi connectivity index (χ0v) is 22.2. The Labute approximate surface area is 221 Å². The Kier molecular flexibility index (Phi) is 8.29. The number of halogens is 1. The molecule has 2 aromatic carbocycles. The SMILES string of the molecule is C[C@H](CO)N1C[C@H](C)[C@@H](CN(C)C(=O)Nc2ccc(F)cc2)Oc2cc(-c3ccncc3)ccc2S1(=O)=O. The van der Waals surface area contributed by atoms with Crippen molar-refractivity contribution in [2.24, 2.45) is 5.92 Å². The van der Waals surface area contributed by atoms with Gasteiger partial charge in [0.05, 0.1) is 13.2 Å². The van der Waals surface area contributed by atoms with E-state index in [0.29, 0.717) is 5.69 Å². The van der Waals surface area contributed by atoms with Gasteiger partial charge in [0, 0.05) is 43.6 Å². The second kappa shape index (κ2) is 11.5. The standard InChI is InChI=1S/C27H31FN4O5S/c1-18-15-32(19(2)17-33)38(35,36)26-9-4-21(20-10-12-29-13-11-20)14-24(26)37-25(18)16-31(3)27(34)30-23-7-5-22(28)6-8-23/h4-14,18-19,25,33H,15-17H2,1-3H3,(H,30,34)/t18-,19+,25+/m0/s1. The van der Waals surface area contributed by atoms with Crippen LogP contribution in [-0.4, -0.2) is 72.6 Å². The van der Waals surface area contributed by atoms with Gasteiger partial charge in [-0.2, -0.15) is 4.31 Å². The average molecular weight is 543 g/mol. The van der Waals surface area contributed by atoms with Crippen molar-refractivity contribution >= 4 is 21.7 Å². The molecule has 3 atom stereocenters. The van der Waals surface area contributed by atoms with Crippen LogP contribution in [-0.2, 0) is 10.0 Å². The molecule has 1 aliphatic heterocycles. The van der Waals surface area contributed by atoms with Gasteiger partial charge in [-0.25, -0.2) is 17.6 Å². The lowest BCUT2D eigenvalue weighted by atomic mass is 10.0. The molecule has 202 valence electrons. The third-order valence-corrected chi connectivity index (χ3v) is 8.60. The average Bonchev–Trinajstić information content (AvgIpc) is 2.91. The van der Waals surface area contributed by atoms with Crippen molar-refractivity contribution in [1.29, 1.82) is 0 Å². The van der Waals surface area contributed by atoms with Crippen LogP contribution >= 0.6 is 0 Å². The van der Waals surface area contributed by atoms with Gasteiger partial charge in [-0.3, -0.25) is 4.98 Å². The Morgan fingerprint density at radius 3 is 2.53 bits per heavy atom. The molecule has 0 unspecified atom stereocenters. The van der Waals surface area contributed by atoms with Gasteiger partial charge in [-0.05, 0) is 66.6 Å². The van der Waals surface area contributed by atoms with E-state index in [0.717, 1.165) is 11.1 Å². The zero-order valence-electron chi connectivity index (χ0n) is 21.4. The number of rotatable bonds is 6. The molecule has 1 aromatic heterocycles. The van der Waals surface area contributed by atoms with Crippen LogP contribution in [0.1, 0.15) is 13.8 Å². The highest BCUT2D eigenvalue weighted by Gasteiger charge is 2.38. The second-order valence-electron chi connectivity index (χ2n) is 9.45. The Morgan fingerprint density at radius 2 is 1.87 bits per heavy atom. The summed E-state index contributed by atoms with van der Waals surface area (Å²) in [5.41, 5.74) is 2.03. The topological polar surface area (TPSA) is 112 Å². The first kappa shape index (κ1) is 27.5. The molecule has 0 spiro atoms. The molecule has 0 fully saturated rings. The predicted octanol–water partition coefficient (Wildman–Crippen LogP) is 3.82. The minimum atomic E-state index is -3.99. The van der Waals surface area contributed by atoms with E-state index in [1.807, 2.05) is 19.1 Å². The first-order valence-electron chi connectivity index (χ1n) is 12.2. The van der Waals surface area contributed by atoms with Gasteiger partial charge < -0.3 is 20.1 Å². The number of aromatic nitrogens is 1. The maximum Gasteiger partial charge on any atom is 0.321 e. The number of pyridine rings is 1. The van der Waals surface area contributed by atoms with Crippen molar-refractivity contribution in [2.75, 3.05) is 32.1 Å². The molecular weight excluding hydrogens is 511 g/mol. The summed E-state index contributed by atoms with van der Waals surface area (Å²) in [5, 5.41) is 12.5. The molecule has 2 heterocycles. The summed E-state index contributed by atoms with van der Waals surface area (Å²) in [7, 11) is -2.38. The van der Waals surface area contributed by atoms with Gasteiger partial charge in [0.2, 0.25) is 10.0 Å². The molecule has 0 radical (unpaired) electrons. The third kappa shape index (κ3) is 5.95. The lowest BCUT2D eigenvalue weighted by Gasteiger charge is -2.37. The van der Waals surface area contributed by atoms with E-state index < -0.39 is 34.0 Å². The quantitative estimate of drug-likeness (QED) is 0.490. The number of urea groups is 1. The molecule has 2 amide bonds. The number of sulfonamides is 1. The summed E-state index contributed by atoms with van der Waals surface area (Å²) >= 11 is 0. The maximum atomic E-state index is 13.7. The predicted molar refractivity (Wildman–Crippen MR) is 142 cm³/mol. The number of hydrogen-bond donors (Lipinski definition) is 2. The number of amides is 2. The van der Waals surface area contributed by atoms with Crippen molar-refractivity contribution in [3.05, 3.63) is 72.8 Å². The first-order chi connectivity index (χ1) is 18.1. The molecule has 2 N–H and O–H groups in total. The Morgan fingerprint density at radius 1 is 1.18 bits per heavy atom. The molecular formula is C27H31FN4O5S. The number of benzene rings is 2. The number of nitrogens with zero attached hydrogens (tertiary/aromatic N) is 3. The van der Waals surface area contributed by atoms with Crippen molar-refractivity contribution in [1.82, 2.24) is 14.2 Å². The molecule has 0 saturated heterocycles. The third-order valence-electron chi connectivity index (χ3n) is 6.58. The van der Waals surface area contributed by atoms with E-state index in [4.69, 9.17) is 4.74 Å². The van der Waals surface area contributed by atoms with E-state index in [1.165, 1.54) is 39.5 Å². The van der Waals surface area contributed by atoms with Crippen molar-refractivity contribution in [3.8, 4) is 16.9 Å². The molecule has 0 bridgehead atoms. The Balaban J connectivity index is 1.67. The maximum absolute atomic E-state index is 13.7. The highest BCUT2D eigenvalue weighted by Crippen LogP contribution is 2.36. The summed E-state index contributed by atoms with van der Waals surface area (Å²) in [5.74, 6) is -0.578. The number of likely N-dealkylation sites (N-methyl/N-ethyl adjacent to an activating group) is 1. The van der Waals surface area contributed by atoms with E-state index in [9.17, 15) is 22.7 Å². The normalized spacial score (nSPS) is 19.8. The minimum Gasteiger partial charge on any atom is -0.487 e. The van der Waals surface area contributed by atoms with Crippen LogP contribution in [0.4, 0.5) is 14.9 Å². The first-order valence-corrected chi connectivity index (χ1v) is 13.7. The van der Waals surface area contributed by atoms with Crippen LogP contribution in [0.15, 0.2) is 71.9 Å². The number of anilines is 1. The summed E-state index contributed by atoms with van der Waals surface area (Å²) in [6.45, 7) is 3.39. The summed E-state index contributed by atoms with van der Waals surface area (Å²) in [6, 6.07) is 12.9. The van der Waals surface area contributed by atoms with Crippen LogP contribution < -0.4 is 10.1 Å². The number of carbonyl (C=O) groups excluding carboxylic acids is 1. The Bertz CT molecular complexity index is 1370. The van der Waals surface area contributed by atoms with E-state index in [1.54, 1.807) is 38.5 Å². The fraction of sp³-hybridized carbons (Fsp3) is 0.333. The molecule has 9 nitrogen and oxygen atoms in total. The number of aliphatic hydroxyl groups is 1. The molecule has 4 rings (SSSR count). The second-order valence-corrected chi connectivity index (χ2v) is 11.3. The number of fused-ring (bicyclic) bond motifs is 1. The lowest BCUT2D eigenvalue weighted by Crippen LogP contribution is -2.50. The summed E-state index contributed by atoms with van der Waals surface area (Å²) < 4.78 is 48.2. The molecule has 38 heavy (non-hydrogen) atoms. The summed E-state index contributed by atoms with van der Waals surface area (Å²) in [6.07, 6.45) is 2.72. The highest BCUT2D eigenvalue weighted by molar-refractivity contribution is 7.89. The van der Waals surface area contributed by atoms with Gasteiger partial charge in [0.25, 0.3) is 0 Å². The Hall–Kier alpha value is -3.54. The number of hydrogen-bond acceptors (Lipinski definition) is 6. The van der Waals surface area contributed by atoms with Crippen LogP contribution in [0.2, 0.25) is 0 Å². The van der Waals surface area contributed by atoms with E-state index in [-0.39, 0.29) is 36.3 Å². The van der Waals surface area contributed by atoms with Gasteiger partial charge in [0.15, 0.2) is 0 Å². The van der Waals surface area contributed by atoms with Crippen LogP contribution in [0.5, 0.6) is 5.75 Å². The summed E-state index contributed by atoms with van der Waals surface area (Å²) in [4.78, 5) is 18.3. The molecule has 0 aliphatic carbocycles. The molecule has 1 aliphatic rings. The molecule has 11 heteroatoms. The molecule has 0 saturated carbocycles. The van der Waals surface area contributed by atoms with Crippen molar-refractivity contribution in [2.45, 2.75) is 30.9 Å². The van der Waals surface area contributed by atoms with Crippen LogP contribution in [0, 0.1) is 11.7 Å². The fourth-order valence-electron chi connectivity index (χ4n) is 4.27. The monoisotopic (exact) mass is 542 g/mol. The fourth-order valence-corrected chi connectivity index (χ4v) is 6.10. The van der Waals surface area contributed by atoms with Crippen LogP contribution in [0.3, 0.4) is 0 Å². The van der Waals surface area contributed by atoms with Crippen molar-refractivity contribution < 1.29 is 27.4 Å². The van der Waals surface area contributed by atoms with Gasteiger partial charge in [0.1, 0.15) is 22.6 Å². The number of aliphatic hydroxyl groups excluding tert-OH is 1. The number of ether oxygens (including phenoxy) is 1. The van der Waals surface area contributed by atoms with E-state index >= 15 is 0 Å². The van der Waals surface area contributed by atoms with Crippen molar-refractivity contribution in [3.63, 3.8) is 0 Å². The minimum absolute atomic E-state index is 0.00840. The van der Waals surface area contributed by atoms with Crippen LogP contribution in [0.25, 0.3) is 11.1 Å². The number of carbonyl (C=O) groups is 1. The smallest absolute Gasteiger partial charge is 0.321 e. The van der Waals surface area contributed by atoms with E-state index in [2.05, 4.69) is 10.3 Å². The van der Waals surface area contributed by atoms with Gasteiger partial charge >= 0.3 is 6.03 Å². The molecule has 3 aromatic rings. The number of nitrogens with one attached hydrogen (secondary N) is 1. The van der Waals surface area contributed by atoms with Gasteiger partial charge in [-0.15, -0.1) is 0 Å². The largest absolute Gasteiger partial charge is 0.487 e.